The minimum atomic E-state index is -0.105. The smallest absolute Gasteiger partial charge is 0.255 e. The molecule has 2 aromatic carbocycles. The summed E-state index contributed by atoms with van der Waals surface area (Å²) in [6.45, 7) is 3.23. The van der Waals surface area contributed by atoms with Crippen LogP contribution >= 0.6 is 11.8 Å². The fourth-order valence-electron chi connectivity index (χ4n) is 3.06. The minimum absolute atomic E-state index is 0.0137. The number of aliphatic hydroxyl groups is 1. The van der Waals surface area contributed by atoms with E-state index in [0.717, 1.165) is 10.5 Å². The van der Waals surface area contributed by atoms with Crippen LogP contribution in [0.15, 0.2) is 59.5 Å². The van der Waals surface area contributed by atoms with E-state index in [1.54, 1.807) is 0 Å². The Kier molecular flexibility index (Phi) is 6.13. The molecule has 1 aliphatic rings. The lowest BCUT2D eigenvalue weighted by atomic mass is 10.1. The third-order valence-electron chi connectivity index (χ3n) is 4.19. The highest BCUT2D eigenvalue weighted by atomic mass is 32.2. The molecule has 0 saturated carbocycles. The number of benzene rings is 2. The van der Waals surface area contributed by atoms with Gasteiger partial charge in [0.2, 0.25) is 0 Å². The summed E-state index contributed by atoms with van der Waals surface area (Å²) in [4.78, 5) is 15.9. The van der Waals surface area contributed by atoms with Gasteiger partial charge in [-0.3, -0.25) is 4.79 Å². The van der Waals surface area contributed by atoms with Gasteiger partial charge < -0.3 is 14.7 Å². The Morgan fingerprint density at radius 1 is 1.16 bits per heavy atom. The molecular formula is C20H23NO3S. The molecule has 2 unspecified atom stereocenters. The number of carbonyl (C=O) groups excluding carboxylic acids is 1. The first kappa shape index (κ1) is 18.0. The van der Waals surface area contributed by atoms with Crippen molar-refractivity contribution in [1.29, 1.82) is 0 Å². The molecule has 0 bridgehead atoms. The highest BCUT2D eigenvalue weighted by Crippen LogP contribution is 2.28. The van der Waals surface area contributed by atoms with E-state index in [1.165, 1.54) is 11.8 Å². The number of ether oxygens (including phenoxy) is 1. The number of amides is 1. The molecule has 4 nitrogen and oxygen atoms in total. The van der Waals surface area contributed by atoms with Crippen molar-refractivity contribution in [1.82, 2.24) is 4.90 Å². The maximum Gasteiger partial charge on any atom is 0.255 e. The highest BCUT2D eigenvalue weighted by Gasteiger charge is 2.30. The molecule has 5 heteroatoms. The number of hydrogen-bond donors (Lipinski definition) is 1. The van der Waals surface area contributed by atoms with E-state index in [0.29, 0.717) is 24.4 Å². The Hall–Kier alpha value is -1.82. The van der Waals surface area contributed by atoms with Crippen molar-refractivity contribution in [2.75, 3.05) is 25.4 Å². The van der Waals surface area contributed by atoms with Crippen molar-refractivity contribution < 1.29 is 14.6 Å². The van der Waals surface area contributed by atoms with Gasteiger partial charge in [-0.15, -0.1) is 11.8 Å². The number of aliphatic hydroxyl groups excluding tert-OH is 1. The summed E-state index contributed by atoms with van der Waals surface area (Å²) in [5, 5.41) is 9.07. The zero-order valence-electron chi connectivity index (χ0n) is 14.3. The molecule has 0 radical (unpaired) electrons. The van der Waals surface area contributed by atoms with Crippen molar-refractivity contribution in [3.05, 3.63) is 65.7 Å². The number of hydrogen-bond acceptors (Lipinski definition) is 4. The monoisotopic (exact) mass is 357 g/mol. The average Bonchev–Trinajstić information content (AvgIpc) is 2.66. The molecule has 1 saturated heterocycles. The summed E-state index contributed by atoms with van der Waals surface area (Å²) >= 11 is 1.51. The van der Waals surface area contributed by atoms with Gasteiger partial charge in [-0.05, 0) is 24.6 Å². The number of nitrogens with zero attached hydrogens (tertiary/aromatic N) is 1. The van der Waals surface area contributed by atoms with Gasteiger partial charge in [-0.1, -0.05) is 42.5 Å². The third-order valence-corrected chi connectivity index (χ3v) is 5.24. The van der Waals surface area contributed by atoms with Crippen molar-refractivity contribution in [3.63, 3.8) is 0 Å². The van der Waals surface area contributed by atoms with Crippen LogP contribution in [0.1, 0.15) is 28.9 Å². The van der Waals surface area contributed by atoms with E-state index in [4.69, 9.17) is 9.84 Å². The second-order valence-corrected chi connectivity index (χ2v) is 7.26. The van der Waals surface area contributed by atoms with Crippen LogP contribution in [0, 0.1) is 0 Å². The van der Waals surface area contributed by atoms with Crippen LogP contribution in [0.25, 0.3) is 0 Å². The normalized spacial score (nSPS) is 20.5. The summed E-state index contributed by atoms with van der Waals surface area (Å²) in [5.74, 6) is 0.605. The number of thioether (sulfide) groups is 1. The summed E-state index contributed by atoms with van der Waals surface area (Å²) in [5.41, 5.74) is 1.79. The van der Waals surface area contributed by atoms with Crippen LogP contribution in [0.2, 0.25) is 0 Å². The molecule has 1 N–H and O–H groups in total. The summed E-state index contributed by atoms with van der Waals surface area (Å²) in [7, 11) is 0. The van der Waals surface area contributed by atoms with E-state index < -0.39 is 0 Å². The van der Waals surface area contributed by atoms with Crippen molar-refractivity contribution in [2.24, 2.45) is 0 Å². The van der Waals surface area contributed by atoms with E-state index in [9.17, 15) is 4.79 Å². The van der Waals surface area contributed by atoms with Gasteiger partial charge in [-0.25, -0.2) is 0 Å². The van der Waals surface area contributed by atoms with Crippen LogP contribution in [-0.2, 0) is 4.74 Å². The second-order valence-electron chi connectivity index (χ2n) is 6.12. The molecule has 2 aromatic rings. The van der Waals surface area contributed by atoms with Crippen molar-refractivity contribution in [2.45, 2.75) is 24.0 Å². The molecule has 0 aliphatic carbocycles. The minimum Gasteiger partial charge on any atom is -0.396 e. The zero-order chi connectivity index (χ0) is 17.6. The first-order valence-corrected chi connectivity index (χ1v) is 9.50. The van der Waals surface area contributed by atoms with Gasteiger partial charge in [-0.2, -0.15) is 0 Å². The standard InChI is InChI=1S/C20H23NO3S/c1-15-13-21(14-18(24-15)16-7-3-2-4-8-16)20(23)17-9-5-6-10-19(17)25-12-11-22/h2-10,15,18,22H,11-14H2,1H3. The molecule has 1 aliphatic heterocycles. The van der Waals surface area contributed by atoms with Crippen LogP contribution in [0.4, 0.5) is 0 Å². The summed E-state index contributed by atoms with van der Waals surface area (Å²) < 4.78 is 6.05. The molecule has 3 rings (SSSR count). The molecular weight excluding hydrogens is 334 g/mol. The number of morpholine rings is 1. The molecule has 0 spiro atoms. The zero-order valence-corrected chi connectivity index (χ0v) is 15.1. The van der Waals surface area contributed by atoms with E-state index in [1.807, 2.05) is 66.4 Å². The van der Waals surface area contributed by atoms with Crippen molar-refractivity contribution in [3.8, 4) is 0 Å². The first-order chi connectivity index (χ1) is 12.2. The Morgan fingerprint density at radius 2 is 1.88 bits per heavy atom. The van der Waals surface area contributed by atoms with Gasteiger partial charge in [0, 0.05) is 17.2 Å². The van der Waals surface area contributed by atoms with Gasteiger partial charge in [0.05, 0.1) is 24.8 Å². The van der Waals surface area contributed by atoms with Crippen molar-refractivity contribution >= 4 is 17.7 Å². The topological polar surface area (TPSA) is 49.8 Å². The predicted molar refractivity (Wildman–Crippen MR) is 99.9 cm³/mol. The Balaban J connectivity index is 1.80. The van der Waals surface area contributed by atoms with Gasteiger partial charge in [0.25, 0.3) is 5.91 Å². The SMILES string of the molecule is CC1CN(C(=O)c2ccccc2SCCO)CC(c2ccccc2)O1. The lowest BCUT2D eigenvalue weighted by molar-refractivity contribution is -0.0692. The molecule has 1 heterocycles. The van der Waals surface area contributed by atoms with Crippen LogP contribution in [-0.4, -0.2) is 47.5 Å². The predicted octanol–water partition coefficient (Wildman–Crippen LogP) is 3.37. The quantitative estimate of drug-likeness (QED) is 0.834. The molecule has 0 aromatic heterocycles. The molecule has 1 amide bonds. The Labute approximate surface area is 152 Å². The third kappa shape index (κ3) is 4.42. The largest absolute Gasteiger partial charge is 0.396 e. The lowest BCUT2D eigenvalue weighted by Crippen LogP contribution is -2.46. The fraction of sp³-hybridized carbons (Fsp3) is 0.350. The maximum absolute atomic E-state index is 13.1. The van der Waals surface area contributed by atoms with Gasteiger partial charge >= 0.3 is 0 Å². The maximum atomic E-state index is 13.1. The molecule has 132 valence electrons. The first-order valence-electron chi connectivity index (χ1n) is 8.51. The number of rotatable bonds is 5. The van der Waals surface area contributed by atoms with Crippen LogP contribution in [0.5, 0.6) is 0 Å². The Bertz CT molecular complexity index is 707. The van der Waals surface area contributed by atoms with Gasteiger partial charge in [0.15, 0.2) is 0 Å². The second kappa shape index (κ2) is 8.52. The summed E-state index contributed by atoms with van der Waals surface area (Å²) in [6.07, 6.45) is -0.119. The highest BCUT2D eigenvalue weighted by molar-refractivity contribution is 7.99. The summed E-state index contributed by atoms with van der Waals surface area (Å²) in [6, 6.07) is 17.6. The fourth-order valence-corrected chi connectivity index (χ4v) is 3.86. The molecule has 25 heavy (non-hydrogen) atoms. The van der Waals surface area contributed by atoms with E-state index in [2.05, 4.69) is 0 Å². The number of carbonyl (C=O) groups is 1. The van der Waals surface area contributed by atoms with Gasteiger partial charge in [0.1, 0.15) is 6.10 Å². The molecule has 1 fully saturated rings. The average molecular weight is 357 g/mol. The lowest BCUT2D eigenvalue weighted by Gasteiger charge is -2.37. The Morgan fingerprint density at radius 3 is 2.64 bits per heavy atom. The van der Waals surface area contributed by atoms with Crippen LogP contribution in [0.3, 0.4) is 0 Å². The van der Waals surface area contributed by atoms with E-state index >= 15 is 0 Å². The van der Waals surface area contributed by atoms with E-state index in [-0.39, 0.29) is 24.7 Å². The van der Waals surface area contributed by atoms with Crippen LogP contribution < -0.4 is 0 Å². The molecule has 2 atom stereocenters.